The lowest BCUT2D eigenvalue weighted by atomic mass is 10.0. The highest BCUT2D eigenvalue weighted by Crippen LogP contribution is 2.38. The van der Waals surface area contributed by atoms with Gasteiger partial charge in [0.15, 0.2) is 5.82 Å². The smallest absolute Gasteiger partial charge is 0.240 e. The molecule has 1 amide bonds. The van der Waals surface area contributed by atoms with Gasteiger partial charge in [-0.05, 0) is 37.0 Å². The molecule has 3 aromatic rings. The first-order valence-electron chi connectivity index (χ1n) is 10.4. The van der Waals surface area contributed by atoms with Crippen molar-refractivity contribution >= 4 is 23.4 Å². The Hall–Kier alpha value is -2.80. The standard InChI is InChI=1S/C23H27N5OS/c1-4-8-19-25-26-23-28(19)27-20(17-13-11-15(3)12-14-17)21(30-23)22(29)24-18-10-7-6-9-16(18)5-2/h6-7,9-14,20-21,27H,4-5,8H2,1-3H3,(H,24,29)/t20-,21+/m1/s1. The fraction of sp³-hybridized carbons (Fsp3) is 0.348. The molecule has 1 aromatic heterocycles. The molecule has 2 aromatic carbocycles. The van der Waals surface area contributed by atoms with Crippen molar-refractivity contribution in [2.45, 2.75) is 56.5 Å². The van der Waals surface area contributed by atoms with Gasteiger partial charge in [0, 0.05) is 12.1 Å². The molecule has 0 radical (unpaired) electrons. The van der Waals surface area contributed by atoms with Crippen LogP contribution in [-0.4, -0.2) is 26.0 Å². The van der Waals surface area contributed by atoms with E-state index in [0.29, 0.717) is 0 Å². The van der Waals surface area contributed by atoms with Crippen molar-refractivity contribution in [2.75, 3.05) is 10.7 Å². The summed E-state index contributed by atoms with van der Waals surface area (Å²) in [7, 11) is 0. The number of hydrogen-bond donors (Lipinski definition) is 2. The first kappa shape index (κ1) is 20.5. The van der Waals surface area contributed by atoms with E-state index in [4.69, 9.17) is 0 Å². The van der Waals surface area contributed by atoms with Gasteiger partial charge in [-0.3, -0.25) is 4.79 Å². The topological polar surface area (TPSA) is 71.8 Å². The SMILES string of the molecule is CCCc1nnc2n1N[C@H](c1ccc(C)cc1)[C@@H](C(=O)Nc1ccccc1CC)S2. The molecule has 0 saturated carbocycles. The van der Waals surface area contributed by atoms with Crippen molar-refractivity contribution in [1.82, 2.24) is 14.9 Å². The van der Waals surface area contributed by atoms with E-state index in [0.717, 1.165) is 47.1 Å². The Morgan fingerprint density at radius 2 is 1.90 bits per heavy atom. The Balaban J connectivity index is 1.67. The van der Waals surface area contributed by atoms with Crippen molar-refractivity contribution in [3.05, 3.63) is 71.0 Å². The molecule has 1 aliphatic heterocycles. The molecule has 156 valence electrons. The molecule has 7 heteroatoms. The number of rotatable bonds is 6. The number of anilines is 1. The van der Waals surface area contributed by atoms with Gasteiger partial charge in [0.05, 0.1) is 6.04 Å². The molecule has 4 rings (SSSR count). The van der Waals surface area contributed by atoms with Crippen molar-refractivity contribution < 1.29 is 4.79 Å². The van der Waals surface area contributed by atoms with Gasteiger partial charge in [0.25, 0.3) is 0 Å². The average Bonchev–Trinajstić information content (AvgIpc) is 3.16. The zero-order valence-corrected chi connectivity index (χ0v) is 18.4. The number of fused-ring (bicyclic) bond motifs is 1. The maximum atomic E-state index is 13.4. The number of nitrogens with one attached hydrogen (secondary N) is 2. The normalized spacial score (nSPS) is 17.8. The number of nitrogens with zero attached hydrogens (tertiary/aromatic N) is 3. The zero-order valence-electron chi connectivity index (χ0n) is 17.6. The first-order chi connectivity index (χ1) is 14.6. The van der Waals surface area contributed by atoms with Crippen LogP contribution >= 0.6 is 11.8 Å². The summed E-state index contributed by atoms with van der Waals surface area (Å²) < 4.78 is 1.95. The highest BCUT2D eigenvalue weighted by molar-refractivity contribution is 8.00. The van der Waals surface area contributed by atoms with Crippen LogP contribution in [0.5, 0.6) is 0 Å². The number of para-hydroxylation sites is 1. The lowest BCUT2D eigenvalue weighted by Gasteiger charge is -2.33. The largest absolute Gasteiger partial charge is 0.325 e. The van der Waals surface area contributed by atoms with Crippen LogP contribution in [0.4, 0.5) is 5.69 Å². The molecule has 2 heterocycles. The summed E-state index contributed by atoms with van der Waals surface area (Å²) >= 11 is 1.47. The molecule has 0 aliphatic carbocycles. The highest BCUT2D eigenvalue weighted by atomic mass is 32.2. The molecule has 0 spiro atoms. The number of carbonyl (C=O) groups is 1. The van der Waals surface area contributed by atoms with Crippen LogP contribution in [0.1, 0.15) is 48.8 Å². The molecule has 2 atom stereocenters. The van der Waals surface area contributed by atoms with Crippen LogP contribution in [0, 0.1) is 6.92 Å². The number of carbonyl (C=O) groups excluding carboxylic acids is 1. The lowest BCUT2D eigenvalue weighted by Crippen LogP contribution is -2.41. The van der Waals surface area contributed by atoms with Gasteiger partial charge in [-0.25, -0.2) is 4.68 Å². The number of aromatic nitrogens is 3. The van der Waals surface area contributed by atoms with Crippen LogP contribution in [0.2, 0.25) is 0 Å². The summed E-state index contributed by atoms with van der Waals surface area (Å²) in [5, 5.41) is 12.2. The molecular formula is C23H27N5OS. The van der Waals surface area contributed by atoms with Crippen molar-refractivity contribution in [2.24, 2.45) is 0 Å². The third-order valence-electron chi connectivity index (χ3n) is 5.33. The van der Waals surface area contributed by atoms with Gasteiger partial charge in [0.2, 0.25) is 11.1 Å². The van der Waals surface area contributed by atoms with Crippen molar-refractivity contribution in [3.8, 4) is 0 Å². The van der Waals surface area contributed by atoms with Crippen LogP contribution in [0.15, 0.2) is 53.7 Å². The number of thioether (sulfide) groups is 1. The summed E-state index contributed by atoms with van der Waals surface area (Å²) in [5.41, 5.74) is 7.77. The monoisotopic (exact) mass is 421 g/mol. The minimum absolute atomic E-state index is 0.0368. The van der Waals surface area contributed by atoms with Crippen molar-refractivity contribution in [3.63, 3.8) is 0 Å². The molecule has 0 saturated heterocycles. The van der Waals surface area contributed by atoms with E-state index in [-0.39, 0.29) is 17.2 Å². The number of hydrogen-bond acceptors (Lipinski definition) is 5. The Morgan fingerprint density at radius 3 is 2.63 bits per heavy atom. The van der Waals surface area contributed by atoms with Gasteiger partial charge in [-0.15, -0.1) is 10.2 Å². The summed E-state index contributed by atoms with van der Waals surface area (Å²) in [6.07, 6.45) is 2.68. The fourth-order valence-electron chi connectivity index (χ4n) is 3.66. The lowest BCUT2D eigenvalue weighted by molar-refractivity contribution is -0.116. The third kappa shape index (κ3) is 4.07. The molecule has 1 aliphatic rings. The quantitative estimate of drug-likeness (QED) is 0.613. The first-order valence-corrected chi connectivity index (χ1v) is 11.3. The molecular weight excluding hydrogens is 394 g/mol. The zero-order chi connectivity index (χ0) is 21.1. The average molecular weight is 422 g/mol. The van der Waals surface area contributed by atoms with Crippen LogP contribution in [0.3, 0.4) is 0 Å². The summed E-state index contributed by atoms with van der Waals surface area (Å²) in [6.45, 7) is 6.28. The van der Waals surface area contributed by atoms with Gasteiger partial charge >= 0.3 is 0 Å². The predicted octanol–water partition coefficient (Wildman–Crippen LogP) is 4.50. The fourth-order valence-corrected chi connectivity index (χ4v) is 4.76. The van der Waals surface area contributed by atoms with Crippen molar-refractivity contribution in [1.29, 1.82) is 0 Å². The maximum absolute atomic E-state index is 13.4. The second-order valence-electron chi connectivity index (χ2n) is 7.54. The van der Waals surface area contributed by atoms with Gasteiger partial charge < -0.3 is 10.7 Å². The van der Waals surface area contributed by atoms with E-state index in [2.05, 4.69) is 66.0 Å². The summed E-state index contributed by atoms with van der Waals surface area (Å²) in [6, 6.07) is 16.1. The van der Waals surface area contributed by atoms with E-state index < -0.39 is 0 Å². The number of benzene rings is 2. The Labute approximate surface area is 181 Å². The van der Waals surface area contributed by atoms with Crippen LogP contribution < -0.4 is 10.7 Å². The van der Waals surface area contributed by atoms with Gasteiger partial charge in [0.1, 0.15) is 5.25 Å². The highest BCUT2D eigenvalue weighted by Gasteiger charge is 2.37. The second kappa shape index (κ2) is 8.92. The van der Waals surface area contributed by atoms with E-state index in [9.17, 15) is 4.79 Å². The molecule has 0 bridgehead atoms. The summed E-state index contributed by atoms with van der Waals surface area (Å²) in [5.74, 6) is 0.859. The van der Waals surface area contributed by atoms with E-state index in [1.54, 1.807) is 0 Å². The minimum Gasteiger partial charge on any atom is -0.325 e. The maximum Gasteiger partial charge on any atom is 0.240 e. The minimum atomic E-state index is -0.371. The van der Waals surface area contributed by atoms with E-state index in [1.165, 1.54) is 17.3 Å². The number of aryl methyl sites for hydroxylation is 3. The molecule has 0 fully saturated rings. The second-order valence-corrected chi connectivity index (χ2v) is 8.65. The molecule has 0 unspecified atom stereocenters. The van der Waals surface area contributed by atoms with E-state index >= 15 is 0 Å². The molecule has 2 N–H and O–H groups in total. The Morgan fingerprint density at radius 1 is 1.13 bits per heavy atom. The molecule has 30 heavy (non-hydrogen) atoms. The Bertz CT molecular complexity index is 1030. The Kier molecular flexibility index (Phi) is 6.08. The van der Waals surface area contributed by atoms with Gasteiger partial charge in [-0.1, -0.05) is 73.6 Å². The number of amides is 1. The van der Waals surface area contributed by atoms with E-state index in [1.807, 2.05) is 28.9 Å². The van der Waals surface area contributed by atoms with Gasteiger partial charge in [-0.2, -0.15) is 0 Å². The summed E-state index contributed by atoms with van der Waals surface area (Å²) in [4.78, 5) is 13.4. The third-order valence-corrected chi connectivity index (χ3v) is 6.54. The molecule has 6 nitrogen and oxygen atoms in total. The predicted molar refractivity (Wildman–Crippen MR) is 121 cm³/mol. The van der Waals surface area contributed by atoms with Crippen LogP contribution in [0.25, 0.3) is 0 Å². The van der Waals surface area contributed by atoms with Crippen LogP contribution in [-0.2, 0) is 17.6 Å².